The summed E-state index contributed by atoms with van der Waals surface area (Å²) in [6.07, 6.45) is 8.21. The fourth-order valence-electron chi connectivity index (χ4n) is 15.5. The summed E-state index contributed by atoms with van der Waals surface area (Å²) >= 11 is 0. The Balaban J connectivity index is 0.949. The number of nitrogens with one attached hydrogen (secondary N) is 2. The molecular formula is C42H54N2O10. The number of aliphatic hydroxyl groups excluding tert-OH is 2. The molecule has 0 radical (unpaired) electrons. The Kier molecular flexibility index (Phi) is 6.96. The first-order chi connectivity index (χ1) is 25.7. The number of rotatable bonds is 4. The monoisotopic (exact) mass is 746 g/mol. The van der Waals surface area contributed by atoms with E-state index in [4.69, 9.17) is 23.4 Å². The summed E-state index contributed by atoms with van der Waals surface area (Å²) in [7, 11) is 0. The molecule has 54 heavy (non-hydrogen) atoms. The smallest absolute Gasteiger partial charge is 0.339 e. The highest BCUT2D eigenvalue weighted by atomic mass is 16.7. The number of esters is 2. The van der Waals surface area contributed by atoms with Gasteiger partial charge in [-0.2, -0.15) is 0 Å². The molecule has 4 N–H and O–H groups in total. The minimum absolute atomic E-state index is 0.0247. The van der Waals surface area contributed by atoms with Gasteiger partial charge in [0.15, 0.2) is 11.9 Å². The maximum absolute atomic E-state index is 14.6. The second-order valence-electron chi connectivity index (χ2n) is 20.0. The lowest BCUT2D eigenvalue weighted by Gasteiger charge is -2.66. The highest BCUT2D eigenvalue weighted by Crippen LogP contribution is 2.80. The maximum atomic E-state index is 14.6. The Hall–Kier alpha value is -2.61. The maximum Gasteiger partial charge on any atom is 0.339 e. The number of ketones is 1. The predicted octanol–water partition coefficient (Wildman–Crippen LogP) is 3.14. The Morgan fingerprint density at radius 2 is 1.85 bits per heavy atom. The normalized spacial score (nSPS) is 54.7. The molecule has 12 nitrogen and oxygen atoms in total. The number of allylic oxidation sites excluding steroid dienone is 1. The molecule has 0 amide bonds. The van der Waals surface area contributed by atoms with Crippen LogP contribution in [0.4, 0.5) is 0 Å². The number of ether oxygens (including phenoxy) is 4. The predicted molar refractivity (Wildman–Crippen MR) is 189 cm³/mol. The number of carbonyl (C=O) groups is 3. The first-order valence-electron chi connectivity index (χ1n) is 20.5. The van der Waals surface area contributed by atoms with Gasteiger partial charge < -0.3 is 38.9 Å². The lowest BCUT2D eigenvalue weighted by atomic mass is 9.36. The number of Topliss-reactive ketones (excluding diaryl/α,β-unsaturated/α-hetero) is 1. The van der Waals surface area contributed by atoms with Crippen molar-refractivity contribution in [2.75, 3.05) is 19.8 Å². The third-order valence-electron chi connectivity index (χ3n) is 17.7. The second-order valence-corrected chi connectivity index (χ2v) is 20.0. The minimum atomic E-state index is -1.43. The Bertz CT molecular complexity index is 1850. The molecule has 6 heterocycles. The molecule has 11 rings (SSSR count). The first kappa shape index (κ1) is 34.6. The topological polar surface area (TPSA) is 169 Å². The average Bonchev–Trinajstić information content (AvgIpc) is 3.40. The van der Waals surface area contributed by atoms with Crippen LogP contribution in [0, 0.1) is 57.2 Å². The Labute approximate surface area is 315 Å². The number of hydrogen-bond acceptors (Lipinski definition) is 12. The molecular weight excluding hydrogens is 692 g/mol. The van der Waals surface area contributed by atoms with Gasteiger partial charge >= 0.3 is 11.9 Å². The number of aliphatic hydroxyl groups is 2. The molecule has 2 bridgehead atoms. The van der Waals surface area contributed by atoms with Gasteiger partial charge in [0, 0.05) is 52.9 Å². The standard InChI is InChI=1S/C42H54N2O10/c1-37(2)32-31(47)33(48)39(4)27(41(32)18-51-30(46)15-29(41)53-37)7-9-38(3)34(52-36(49)35-42(38,39)54-35)22-8-12-50-26(22)14-23-21-6-11-40(28-17-43-19-44-28)10-5-20(13-25(23)45)24(21)16-40/h6,8,11-12,20-21,23-25,27-29,32-35,43-45,48H,5,7,9-10,13-19H2,1-4H3. The SMILES string of the molecule is CC1(C)OC2CC(=O)OCC23C1C(=O)C(O)C1(C)C3CCC2(C)C(c3ccoc3CC3C(O)CC4CCC5(C6CNCN6)C=CC3C4C5)OC(=O)C3OC321. The van der Waals surface area contributed by atoms with Crippen LogP contribution in [0.1, 0.15) is 90.1 Å². The number of fused-ring (bicyclic) bond motifs is 2. The van der Waals surface area contributed by atoms with Crippen LogP contribution in [0.15, 0.2) is 28.9 Å². The van der Waals surface area contributed by atoms with Crippen molar-refractivity contribution in [3.63, 3.8) is 0 Å². The molecule has 9 fully saturated rings. The summed E-state index contributed by atoms with van der Waals surface area (Å²) in [5.41, 5.74) is -4.13. The first-order valence-corrected chi connectivity index (χ1v) is 20.5. The van der Waals surface area contributed by atoms with E-state index < -0.39 is 69.9 Å². The molecule has 1 aromatic rings. The summed E-state index contributed by atoms with van der Waals surface area (Å²) < 4.78 is 31.6. The fraction of sp³-hybridized carbons (Fsp3) is 0.786. The van der Waals surface area contributed by atoms with E-state index in [1.165, 1.54) is 0 Å². The number of hydrogen-bond donors (Lipinski definition) is 4. The van der Waals surface area contributed by atoms with E-state index in [2.05, 4.69) is 29.7 Å². The molecule has 1 aromatic heterocycles. The summed E-state index contributed by atoms with van der Waals surface area (Å²) in [5, 5.41) is 31.3. The van der Waals surface area contributed by atoms with Gasteiger partial charge in [-0.1, -0.05) is 26.0 Å². The van der Waals surface area contributed by atoms with E-state index in [9.17, 15) is 24.6 Å². The van der Waals surface area contributed by atoms with Crippen molar-refractivity contribution >= 4 is 17.7 Å². The second kappa shape index (κ2) is 10.9. The quantitative estimate of drug-likeness (QED) is 0.202. The number of furan rings is 1. The third kappa shape index (κ3) is 3.94. The summed E-state index contributed by atoms with van der Waals surface area (Å²) in [6.45, 7) is 9.58. The molecule has 17 atom stereocenters. The largest absolute Gasteiger partial charge is 0.469 e. The van der Waals surface area contributed by atoms with Crippen LogP contribution in [0.2, 0.25) is 0 Å². The summed E-state index contributed by atoms with van der Waals surface area (Å²) in [6, 6.07) is 2.32. The van der Waals surface area contributed by atoms with Crippen LogP contribution >= 0.6 is 0 Å². The van der Waals surface area contributed by atoms with E-state index in [1.807, 2.05) is 26.8 Å². The van der Waals surface area contributed by atoms with Gasteiger partial charge in [-0.25, -0.2) is 4.79 Å². The van der Waals surface area contributed by atoms with Crippen LogP contribution in [0.5, 0.6) is 0 Å². The van der Waals surface area contributed by atoms with Crippen molar-refractivity contribution in [1.29, 1.82) is 0 Å². The van der Waals surface area contributed by atoms with E-state index in [0.29, 0.717) is 42.9 Å². The zero-order valence-electron chi connectivity index (χ0n) is 31.7. The van der Waals surface area contributed by atoms with Crippen molar-refractivity contribution in [3.05, 3.63) is 35.8 Å². The third-order valence-corrected chi connectivity index (χ3v) is 17.7. The molecule has 12 heteroatoms. The molecule has 5 aliphatic carbocycles. The van der Waals surface area contributed by atoms with Crippen LogP contribution in [-0.2, 0) is 39.8 Å². The fourth-order valence-corrected chi connectivity index (χ4v) is 15.5. The average molecular weight is 747 g/mol. The highest BCUT2D eigenvalue weighted by Gasteiger charge is 2.90. The van der Waals surface area contributed by atoms with E-state index in [-0.39, 0.29) is 47.9 Å². The highest BCUT2D eigenvalue weighted by molar-refractivity contribution is 5.92. The van der Waals surface area contributed by atoms with Gasteiger partial charge in [-0.3, -0.25) is 14.9 Å². The van der Waals surface area contributed by atoms with Crippen LogP contribution in [0.25, 0.3) is 0 Å². The van der Waals surface area contributed by atoms with Gasteiger partial charge in [0.05, 0.1) is 36.4 Å². The van der Waals surface area contributed by atoms with Crippen molar-refractivity contribution in [3.8, 4) is 0 Å². The Morgan fingerprint density at radius 1 is 1.02 bits per heavy atom. The van der Waals surface area contributed by atoms with Crippen LogP contribution in [-0.4, -0.2) is 89.4 Å². The van der Waals surface area contributed by atoms with E-state index in [1.54, 1.807) is 6.26 Å². The number of epoxide rings is 1. The van der Waals surface area contributed by atoms with Gasteiger partial charge in [-0.15, -0.1) is 0 Å². The summed E-state index contributed by atoms with van der Waals surface area (Å²) in [5.74, 6) is -0.386. The van der Waals surface area contributed by atoms with Crippen LogP contribution < -0.4 is 10.6 Å². The minimum Gasteiger partial charge on any atom is -0.469 e. The molecule has 5 saturated heterocycles. The van der Waals surface area contributed by atoms with Crippen molar-refractivity contribution in [2.45, 2.75) is 127 Å². The van der Waals surface area contributed by atoms with E-state index >= 15 is 0 Å². The van der Waals surface area contributed by atoms with Crippen molar-refractivity contribution in [2.24, 2.45) is 57.2 Å². The van der Waals surface area contributed by atoms with Gasteiger partial charge in [0.2, 0.25) is 0 Å². The van der Waals surface area contributed by atoms with E-state index in [0.717, 1.165) is 44.5 Å². The van der Waals surface area contributed by atoms with Crippen LogP contribution in [0.3, 0.4) is 0 Å². The van der Waals surface area contributed by atoms with Crippen molar-refractivity contribution < 1.29 is 48.0 Å². The molecule has 5 aliphatic heterocycles. The number of carbonyl (C=O) groups excluding carboxylic acids is 3. The molecule has 292 valence electrons. The lowest BCUT2D eigenvalue weighted by Crippen LogP contribution is -2.76. The number of cyclic esters (lactones) is 2. The molecule has 4 saturated carbocycles. The molecule has 17 unspecified atom stereocenters. The Morgan fingerprint density at radius 3 is 2.65 bits per heavy atom. The molecule has 0 aromatic carbocycles. The van der Waals surface area contributed by atoms with Gasteiger partial charge in [-0.05, 0) is 88.0 Å². The lowest BCUT2D eigenvalue weighted by molar-refractivity contribution is -0.252. The zero-order valence-corrected chi connectivity index (χ0v) is 31.7. The zero-order chi connectivity index (χ0) is 37.4. The summed E-state index contributed by atoms with van der Waals surface area (Å²) in [4.78, 5) is 41.3. The van der Waals surface area contributed by atoms with Gasteiger partial charge in [0.25, 0.3) is 0 Å². The van der Waals surface area contributed by atoms with Crippen molar-refractivity contribution in [1.82, 2.24) is 10.6 Å². The van der Waals surface area contributed by atoms with Gasteiger partial charge in [0.1, 0.15) is 30.2 Å². The molecule has 2 spiro atoms. The molecule has 10 aliphatic rings.